The standard InChI is InChI=1S/C17H19N3O3/c1-22-15-5-3-12(9-16(15)23-2)4-6-17(21)20-8-7-14-13(11-20)10-18-19-14/h3-6,9-10H,7-8,11H2,1-2H3,(H,18,19). The summed E-state index contributed by atoms with van der Waals surface area (Å²) in [5, 5.41) is 6.99. The fourth-order valence-corrected chi connectivity index (χ4v) is 2.64. The topological polar surface area (TPSA) is 67.5 Å². The van der Waals surface area contributed by atoms with Gasteiger partial charge in [0.1, 0.15) is 0 Å². The van der Waals surface area contributed by atoms with Crippen molar-refractivity contribution in [2.45, 2.75) is 13.0 Å². The fraction of sp³-hybridized carbons (Fsp3) is 0.294. The molecule has 120 valence electrons. The molecule has 1 N–H and O–H groups in total. The first kappa shape index (κ1) is 15.1. The van der Waals surface area contributed by atoms with Crippen LogP contribution in [0.5, 0.6) is 11.5 Å². The second-order valence-electron chi connectivity index (χ2n) is 5.33. The molecule has 1 amide bonds. The monoisotopic (exact) mass is 313 g/mol. The van der Waals surface area contributed by atoms with Crippen LogP contribution in [-0.4, -0.2) is 41.8 Å². The minimum absolute atomic E-state index is 0.00775. The van der Waals surface area contributed by atoms with E-state index in [0.717, 1.165) is 23.2 Å². The van der Waals surface area contributed by atoms with Crippen molar-refractivity contribution >= 4 is 12.0 Å². The summed E-state index contributed by atoms with van der Waals surface area (Å²) in [6.45, 7) is 1.30. The van der Waals surface area contributed by atoms with Gasteiger partial charge in [0.2, 0.25) is 5.91 Å². The maximum absolute atomic E-state index is 12.3. The van der Waals surface area contributed by atoms with Crippen LogP contribution in [0, 0.1) is 0 Å². The van der Waals surface area contributed by atoms with Crippen molar-refractivity contribution in [3.63, 3.8) is 0 Å². The number of amides is 1. The number of rotatable bonds is 4. The van der Waals surface area contributed by atoms with E-state index in [0.29, 0.717) is 24.6 Å². The third kappa shape index (κ3) is 3.21. The number of nitrogens with zero attached hydrogens (tertiary/aromatic N) is 2. The normalized spacial score (nSPS) is 13.9. The number of hydrogen-bond acceptors (Lipinski definition) is 4. The van der Waals surface area contributed by atoms with E-state index < -0.39 is 0 Å². The number of methoxy groups -OCH3 is 2. The number of carbonyl (C=O) groups excluding carboxylic acids is 1. The molecule has 0 radical (unpaired) electrons. The lowest BCUT2D eigenvalue weighted by Crippen LogP contribution is -2.34. The molecule has 0 aliphatic carbocycles. The molecule has 1 aliphatic rings. The van der Waals surface area contributed by atoms with Crippen LogP contribution in [0.1, 0.15) is 16.8 Å². The second-order valence-corrected chi connectivity index (χ2v) is 5.33. The highest BCUT2D eigenvalue weighted by Crippen LogP contribution is 2.28. The number of benzene rings is 1. The number of H-pyrrole nitrogens is 1. The number of nitrogens with one attached hydrogen (secondary N) is 1. The van der Waals surface area contributed by atoms with Crippen molar-refractivity contribution in [1.82, 2.24) is 15.1 Å². The van der Waals surface area contributed by atoms with Crippen molar-refractivity contribution < 1.29 is 14.3 Å². The van der Waals surface area contributed by atoms with E-state index in [-0.39, 0.29) is 5.91 Å². The van der Waals surface area contributed by atoms with Gasteiger partial charge in [0.05, 0.1) is 20.4 Å². The Morgan fingerprint density at radius 2 is 2.13 bits per heavy atom. The molecule has 23 heavy (non-hydrogen) atoms. The summed E-state index contributed by atoms with van der Waals surface area (Å²) in [4.78, 5) is 14.1. The van der Waals surface area contributed by atoms with Gasteiger partial charge in [0.25, 0.3) is 0 Å². The molecule has 0 saturated carbocycles. The fourth-order valence-electron chi connectivity index (χ4n) is 2.64. The Labute approximate surface area is 134 Å². The third-order valence-electron chi connectivity index (χ3n) is 3.94. The molecule has 6 nitrogen and oxygen atoms in total. The first-order valence-corrected chi connectivity index (χ1v) is 7.41. The first-order valence-electron chi connectivity index (χ1n) is 7.41. The van der Waals surface area contributed by atoms with Gasteiger partial charge in [-0.1, -0.05) is 6.07 Å². The predicted octanol–water partition coefficient (Wildman–Crippen LogP) is 2.03. The van der Waals surface area contributed by atoms with Crippen LogP contribution in [0.2, 0.25) is 0 Å². The summed E-state index contributed by atoms with van der Waals surface area (Å²) in [6.07, 6.45) is 5.97. The van der Waals surface area contributed by atoms with Gasteiger partial charge in [-0.3, -0.25) is 9.89 Å². The van der Waals surface area contributed by atoms with Gasteiger partial charge in [-0.15, -0.1) is 0 Å². The van der Waals surface area contributed by atoms with Crippen molar-refractivity contribution in [1.29, 1.82) is 0 Å². The Kier molecular flexibility index (Phi) is 4.32. The number of hydrogen-bond donors (Lipinski definition) is 1. The number of aromatic amines is 1. The maximum Gasteiger partial charge on any atom is 0.246 e. The molecule has 1 aromatic heterocycles. The van der Waals surface area contributed by atoms with Crippen LogP contribution in [0.25, 0.3) is 6.08 Å². The highest BCUT2D eigenvalue weighted by Gasteiger charge is 2.20. The van der Waals surface area contributed by atoms with E-state index in [9.17, 15) is 4.79 Å². The Bertz CT molecular complexity index is 736. The van der Waals surface area contributed by atoms with E-state index >= 15 is 0 Å². The lowest BCUT2D eigenvalue weighted by molar-refractivity contribution is -0.126. The lowest BCUT2D eigenvalue weighted by atomic mass is 10.1. The Morgan fingerprint density at radius 3 is 2.91 bits per heavy atom. The zero-order chi connectivity index (χ0) is 16.2. The number of ether oxygens (including phenoxy) is 2. The van der Waals surface area contributed by atoms with Gasteiger partial charge < -0.3 is 14.4 Å². The Balaban J connectivity index is 1.69. The zero-order valence-corrected chi connectivity index (χ0v) is 13.2. The van der Waals surface area contributed by atoms with Crippen molar-refractivity contribution in [3.8, 4) is 11.5 Å². The lowest BCUT2D eigenvalue weighted by Gasteiger charge is -2.25. The Morgan fingerprint density at radius 1 is 1.30 bits per heavy atom. The average Bonchev–Trinajstić information content (AvgIpc) is 3.06. The molecule has 0 spiro atoms. The molecule has 6 heteroatoms. The SMILES string of the molecule is COc1ccc(C=CC(=O)N2CCc3[nH]ncc3C2)cc1OC. The zero-order valence-electron chi connectivity index (χ0n) is 13.2. The Hall–Kier alpha value is -2.76. The molecule has 0 unspecified atom stereocenters. The molecule has 1 aromatic carbocycles. The van der Waals surface area contributed by atoms with Crippen molar-refractivity contribution in [2.24, 2.45) is 0 Å². The summed E-state index contributed by atoms with van der Waals surface area (Å²) in [7, 11) is 3.18. The number of carbonyl (C=O) groups is 1. The molecule has 2 heterocycles. The molecule has 0 bridgehead atoms. The highest BCUT2D eigenvalue weighted by atomic mass is 16.5. The first-order chi connectivity index (χ1) is 11.2. The third-order valence-corrected chi connectivity index (χ3v) is 3.94. The summed E-state index contributed by atoms with van der Waals surface area (Å²) in [5.74, 6) is 1.30. The predicted molar refractivity (Wildman–Crippen MR) is 86.3 cm³/mol. The molecular formula is C17H19N3O3. The van der Waals surface area contributed by atoms with Gasteiger partial charge >= 0.3 is 0 Å². The van der Waals surface area contributed by atoms with Crippen LogP contribution in [0.3, 0.4) is 0 Å². The van der Waals surface area contributed by atoms with E-state index in [1.54, 1.807) is 32.6 Å². The van der Waals surface area contributed by atoms with E-state index in [1.165, 1.54) is 0 Å². The van der Waals surface area contributed by atoms with Crippen LogP contribution >= 0.6 is 0 Å². The van der Waals surface area contributed by atoms with Gasteiger partial charge in [0.15, 0.2) is 11.5 Å². The molecule has 0 fully saturated rings. The summed E-state index contributed by atoms with van der Waals surface area (Å²) in [5.41, 5.74) is 3.10. The van der Waals surface area contributed by atoms with Crippen molar-refractivity contribution in [3.05, 3.63) is 47.3 Å². The minimum Gasteiger partial charge on any atom is -0.493 e. The molecule has 3 rings (SSSR count). The van der Waals surface area contributed by atoms with E-state index in [1.807, 2.05) is 23.1 Å². The summed E-state index contributed by atoms with van der Waals surface area (Å²) >= 11 is 0. The molecule has 0 saturated heterocycles. The molecule has 1 aliphatic heterocycles. The number of aromatic nitrogens is 2. The van der Waals surface area contributed by atoms with E-state index in [4.69, 9.17) is 9.47 Å². The van der Waals surface area contributed by atoms with Crippen LogP contribution in [0.15, 0.2) is 30.5 Å². The van der Waals surface area contributed by atoms with Crippen molar-refractivity contribution in [2.75, 3.05) is 20.8 Å². The largest absolute Gasteiger partial charge is 0.493 e. The highest BCUT2D eigenvalue weighted by molar-refractivity contribution is 5.92. The molecular weight excluding hydrogens is 294 g/mol. The summed E-state index contributed by atoms with van der Waals surface area (Å²) < 4.78 is 10.5. The van der Waals surface area contributed by atoms with Crippen LogP contribution < -0.4 is 9.47 Å². The molecule has 2 aromatic rings. The van der Waals surface area contributed by atoms with Crippen LogP contribution in [0.4, 0.5) is 0 Å². The average molecular weight is 313 g/mol. The van der Waals surface area contributed by atoms with Gasteiger partial charge in [0, 0.05) is 36.8 Å². The smallest absolute Gasteiger partial charge is 0.246 e. The minimum atomic E-state index is -0.00775. The second kappa shape index (κ2) is 6.56. The molecule has 0 atom stereocenters. The van der Waals surface area contributed by atoms with Gasteiger partial charge in [-0.2, -0.15) is 5.10 Å². The van der Waals surface area contributed by atoms with Gasteiger partial charge in [-0.25, -0.2) is 0 Å². The number of fused-ring (bicyclic) bond motifs is 1. The van der Waals surface area contributed by atoms with E-state index in [2.05, 4.69) is 10.2 Å². The summed E-state index contributed by atoms with van der Waals surface area (Å²) in [6, 6.07) is 5.55. The van der Waals surface area contributed by atoms with Crippen LogP contribution in [-0.2, 0) is 17.8 Å². The van der Waals surface area contributed by atoms with Gasteiger partial charge in [-0.05, 0) is 23.8 Å². The maximum atomic E-state index is 12.3. The quantitative estimate of drug-likeness (QED) is 0.877.